The van der Waals surface area contributed by atoms with Crippen LogP contribution >= 0.6 is 11.3 Å². The standard InChI is InChI=1S/C17H16N6OS/c1-21(11-12-5-8-19-22(12)2)17(24)13-10-20-23-14(6-7-18-16(13)23)15-4-3-9-25-15/h3-10H,11H2,1-2H3. The van der Waals surface area contributed by atoms with Crippen LogP contribution in [0, 0.1) is 0 Å². The second-order valence-corrected chi connectivity index (χ2v) is 6.66. The van der Waals surface area contributed by atoms with Gasteiger partial charge >= 0.3 is 0 Å². The molecule has 25 heavy (non-hydrogen) atoms. The summed E-state index contributed by atoms with van der Waals surface area (Å²) >= 11 is 1.63. The van der Waals surface area contributed by atoms with Crippen LogP contribution in [-0.2, 0) is 13.6 Å². The van der Waals surface area contributed by atoms with Crippen LogP contribution in [0.2, 0.25) is 0 Å². The van der Waals surface area contributed by atoms with E-state index in [1.54, 1.807) is 51.1 Å². The largest absolute Gasteiger partial charge is 0.336 e. The molecule has 0 unspecified atom stereocenters. The van der Waals surface area contributed by atoms with E-state index in [0.29, 0.717) is 17.8 Å². The number of aromatic nitrogens is 5. The number of carbonyl (C=O) groups excluding carboxylic acids is 1. The molecule has 0 N–H and O–H groups in total. The molecule has 4 aromatic rings. The average molecular weight is 352 g/mol. The molecule has 126 valence electrons. The first-order chi connectivity index (χ1) is 12.1. The lowest BCUT2D eigenvalue weighted by molar-refractivity contribution is 0.0783. The number of hydrogen-bond acceptors (Lipinski definition) is 5. The molecule has 4 heterocycles. The summed E-state index contributed by atoms with van der Waals surface area (Å²) in [4.78, 5) is 20.0. The molecule has 0 aliphatic heterocycles. The number of aryl methyl sites for hydroxylation is 1. The van der Waals surface area contributed by atoms with Gasteiger partial charge in [-0.15, -0.1) is 11.3 Å². The molecule has 0 radical (unpaired) electrons. The van der Waals surface area contributed by atoms with Crippen molar-refractivity contribution in [3.8, 4) is 10.6 Å². The van der Waals surface area contributed by atoms with Crippen molar-refractivity contribution in [1.82, 2.24) is 29.3 Å². The minimum atomic E-state index is -0.118. The van der Waals surface area contributed by atoms with Gasteiger partial charge in [-0.2, -0.15) is 10.2 Å². The zero-order chi connectivity index (χ0) is 17.4. The Hall–Kier alpha value is -3.00. The maximum absolute atomic E-state index is 12.9. The highest BCUT2D eigenvalue weighted by atomic mass is 32.1. The van der Waals surface area contributed by atoms with E-state index in [9.17, 15) is 4.79 Å². The lowest BCUT2D eigenvalue weighted by Crippen LogP contribution is -2.27. The third kappa shape index (κ3) is 2.70. The van der Waals surface area contributed by atoms with Crippen molar-refractivity contribution in [3.63, 3.8) is 0 Å². The highest BCUT2D eigenvalue weighted by Gasteiger charge is 2.20. The summed E-state index contributed by atoms with van der Waals surface area (Å²) in [5, 5.41) is 10.5. The van der Waals surface area contributed by atoms with E-state index in [-0.39, 0.29) is 5.91 Å². The van der Waals surface area contributed by atoms with Crippen LogP contribution in [0.15, 0.2) is 48.2 Å². The molecule has 0 aliphatic carbocycles. The summed E-state index contributed by atoms with van der Waals surface area (Å²) in [5.41, 5.74) is 2.93. The number of nitrogens with zero attached hydrogens (tertiary/aromatic N) is 6. The lowest BCUT2D eigenvalue weighted by atomic mass is 10.2. The van der Waals surface area contributed by atoms with Crippen LogP contribution in [0.1, 0.15) is 16.1 Å². The van der Waals surface area contributed by atoms with Gasteiger partial charge in [0.1, 0.15) is 5.56 Å². The Morgan fingerprint density at radius 1 is 1.24 bits per heavy atom. The van der Waals surface area contributed by atoms with Gasteiger partial charge in [0.25, 0.3) is 5.91 Å². The van der Waals surface area contributed by atoms with Gasteiger partial charge in [0.15, 0.2) is 5.65 Å². The molecule has 0 aliphatic rings. The number of thiophene rings is 1. The molecule has 0 fully saturated rings. The van der Waals surface area contributed by atoms with Crippen molar-refractivity contribution in [1.29, 1.82) is 0 Å². The Morgan fingerprint density at radius 3 is 2.84 bits per heavy atom. The Bertz CT molecular complexity index is 1030. The quantitative estimate of drug-likeness (QED) is 0.566. The monoisotopic (exact) mass is 352 g/mol. The van der Waals surface area contributed by atoms with Crippen LogP contribution in [0.5, 0.6) is 0 Å². The normalized spacial score (nSPS) is 11.1. The molecule has 7 nitrogen and oxygen atoms in total. The van der Waals surface area contributed by atoms with E-state index in [0.717, 1.165) is 16.3 Å². The second kappa shape index (κ2) is 6.14. The van der Waals surface area contributed by atoms with Crippen LogP contribution in [0.25, 0.3) is 16.2 Å². The number of rotatable bonds is 4. The molecule has 0 bridgehead atoms. The van der Waals surface area contributed by atoms with Crippen molar-refractivity contribution < 1.29 is 4.79 Å². The fourth-order valence-corrected chi connectivity index (χ4v) is 3.47. The minimum absolute atomic E-state index is 0.118. The Balaban J connectivity index is 1.69. The molecule has 0 saturated heterocycles. The van der Waals surface area contributed by atoms with Crippen LogP contribution < -0.4 is 0 Å². The number of hydrogen-bond donors (Lipinski definition) is 0. The Kier molecular flexibility index (Phi) is 3.81. The van der Waals surface area contributed by atoms with Gasteiger partial charge in [0.05, 0.1) is 29.0 Å². The zero-order valence-electron chi connectivity index (χ0n) is 13.8. The minimum Gasteiger partial charge on any atom is -0.336 e. The molecule has 0 atom stereocenters. The van der Waals surface area contributed by atoms with E-state index in [4.69, 9.17) is 0 Å². The third-order valence-electron chi connectivity index (χ3n) is 4.07. The first-order valence-corrected chi connectivity index (χ1v) is 8.62. The summed E-state index contributed by atoms with van der Waals surface area (Å²) in [6.45, 7) is 0.470. The molecule has 4 aromatic heterocycles. The van der Waals surface area contributed by atoms with E-state index in [1.807, 2.05) is 36.7 Å². The fraction of sp³-hybridized carbons (Fsp3) is 0.176. The zero-order valence-corrected chi connectivity index (χ0v) is 14.6. The molecular formula is C17H16N6OS. The maximum Gasteiger partial charge on any atom is 0.259 e. The topological polar surface area (TPSA) is 68.3 Å². The number of amides is 1. The van der Waals surface area contributed by atoms with Crippen LogP contribution in [0.3, 0.4) is 0 Å². The Labute approximate surface area is 148 Å². The predicted octanol–water partition coefficient (Wildman–Crippen LogP) is 2.46. The van der Waals surface area contributed by atoms with Gasteiger partial charge in [-0.05, 0) is 23.6 Å². The van der Waals surface area contributed by atoms with Gasteiger partial charge in [0, 0.05) is 26.5 Å². The maximum atomic E-state index is 12.9. The second-order valence-electron chi connectivity index (χ2n) is 5.71. The number of fused-ring (bicyclic) bond motifs is 1. The van der Waals surface area contributed by atoms with Crippen molar-refractivity contribution >= 4 is 22.9 Å². The van der Waals surface area contributed by atoms with E-state index >= 15 is 0 Å². The van der Waals surface area contributed by atoms with Crippen molar-refractivity contribution in [3.05, 3.63) is 59.5 Å². The Morgan fingerprint density at radius 2 is 2.12 bits per heavy atom. The van der Waals surface area contributed by atoms with Gasteiger partial charge in [-0.25, -0.2) is 9.50 Å². The SMILES string of the molecule is CN(Cc1ccnn1C)C(=O)c1cnn2c(-c3cccs3)ccnc12. The summed E-state index contributed by atoms with van der Waals surface area (Å²) in [7, 11) is 3.62. The predicted molar refractivity (Wildman–Crippen MR) is 95.3 cm³/mol. The van der Waals surface area contributed by atoms with Crippen molar-refractivity contribution in [2.24, 2.45) is 7.05 Å². The highest BCUT2D eigenvalue weighted by Crippen LogP contribution is 2.25. The van der Waals surface area contributed by atoms with E-state index in [1.165, 1.54) is 0 Å². The molecule has 1 amide bonds. The van der Waals surface area contributed by atoms with Crippen LogP contribution in [0.4, 0.5) is 0 Å². The molecule has 8 heteroatoms. The fourth-order valence-electron chi connectivity index (χ4n) is 2.73. The van der Waals surface area contributed by atoms with Gasteiger partial charge in [-0.1, -0.05) is 6.07 Å². The van der Waals surface area contributed by atoms with Crippen molar-refractivity contribution in [2.45, 2.75) is 6.54 Å². The summed E-state index contributed by atoms with van der Waals surface area (Å²) < 4.78 is 3.48. The summed E-state index contributed by atoms with van der Waals surface area (Å²) in [6.07, 6.45) is 5.02. The average Bonchev–Trinajstić information content (AvgIpc) is 3.35. The van der Waals surface area contributed by atoms with Crippen LogP contribution in [-0.4, -0.2) is 42.2 Å². The molecule has 0 aromatic carbocycles. The van der Waals surface area contributed by atoms with Crippen molar-refractivity contribution in [2.75, 3.05) is 7.05 Å². The first-order valence-electron chi connectivity index (χ1n) is 7.74. The third-order valence-corrected chi connectivity index (χ3v) is 4.97. The van der Waals surface area contributed by atoms with Gasteiger partial charge in [-0.3, -0.25) is 9.48 Å². The van der Waals surface area contributed by atoms with Gasteiger partial charge in [0.2, 0.25) is 0 Å². The van der Waals surface area contributed by atoms with Gasteiger partial charge < -0.3 is 4.90 Å². The molecule has 4 rings (SSSR count). The first kappa shape index (κ1) is 15.5. The highest BCUT2D eigenvalue weighted by molar-refractivity contribution is 7.13. The smallest absolute Gasteiger partial charge is 0.259 e. The summed E-state index contributed by atoms with van der Waals surface area (Å²) in [6, 6.07) is 7.81. The molecular weight excluding hydrogens is 336 g/mol. The van der Waals surface area contributed by atoms with E-state index < -0.39 is 0 Å². The van der Waals surface area contributed by atoms with E-state index in [2.05, 4.69) is 15.2 Å². The number of carbonyl (C=O) groups is 1. The lowest BCUT2D eigenvalue weighted by Gasteiger charge is -2.16. The summed E-state index contributed by atoms with van der Waals surface area (Å²) in [5.74, 6) is -0.118. The molecule has 0 spiro atoms. The molecule has 0 saturated carbocycles.